The van der Waals surface area contributed by atoms with Gasteiger partial charge in [0.25, 0.3) is 11.8 Å². The number of nitrogens with one attached hydrogen (secondary N) is 1. The molecule has 3 heterocycles. The summed E-state index contributed by atoms with van der Waals surface area (Å²) in [5.41, 5.74) is 5.54. The number of fused-ring (bicyclic) bond motifs is 5. The predicted octanol–water partition coefficient (Wildman–Crippen LogP) is 3.93. The van der Waals surface area contributed by atoms with E-state index in [0.717, 1.165) is 57.7 Å². The molecule has 0 radical (unpaired) electrons. The molecule has 1 N–H and O–H groups in total. The zero-order valence-corrected chi connectivity index (χ0v) is 26.9. The maximum Gasteiger partial charge on any atom is 0.303 e. The number of carbonyl (C=O) groups excluding carboxylic acids is 2. The minimum atomic E-state index is -4.00. The molecule has 1 aliphatic carbocycles. The summed E-state index contributed by atoms with van der Waals surface area (Å²) in [5.74, 6) is -0.646. The Kier molecular flexibility index (Phi) is 7.96. The highest BCUT2D eigenvalue weighted by molar-refractivity contribution is 7.91. The fourth-order valence-electron chi connectivity index (χ4n) is 6.89. The number of amides is 2. The van der Waals surface area contributed by atoms with E-state index in [1.165, 1.54) is 26.1 Å². The zero-order chi connectivity index (χ0) is 31.4. The molecule has 2 amide bonds. The van der Waals surface area contributed by atoms with Gasteiger partial charge in [-0.1, -0.05) is 49.6 Å². The molecule has 12 heteroatoms. The first kappa shape index (κ1) is 30.5. The molecule has 2 fully saturated rings. The normalized spacial score (nSPS) is 20.1. The molecule has 3 aliphatic rings. The SMILES string of the molecule is CN(C(=O)C1=Cc2ccccc2-c2c(C3CCCCC3)c3ccc(C(=O)NS(=O)(=O)N(C)C)cc3n2C1)C1CCS(=O)(=O)C1. The van der Waals surface area contributed by atoms with Gasteiger partial charge >= 0.3 is 10.2 Å². The first-order valence-corrected chi connectivity index (χ1v) is 18.3. The average Bonchev–Trinajstić information content (AvgIpc) is 3.46. The molecule has 2 aromatic carbocycles. The van der Waals surface area contributed by atoms with Crippen LogP contribution in [0.15, 0.2) is 48.0 Å². The highest BCUT2D eigenvalue weighted by Crippen LogP contribution is 2.46. The summed E-state index contributed by atoms with van der Waals surface area (Å²) in [4.78, 5) is 28.7. The molecule has 44 heavy (non-hydrogen) atoms. The number of carbonyl (C=O) groups is 2. The molecule has 234 valence electrons. The van der Waals surface area contributed by atoms with Gasteiger partial charge in [-0.15, -0.1) is 0 Å². The van der Waals surface area contributed by atoms with Crippen LogP contribution in [0, 0.1) is 0 Å². The Bertz CT molecular complexity index is 1900. The van der Waals surface area contributed by atoms with Gasteiger partial charge in [-0.05, 0) is 54.5 Å². The summed E-state index contributed by atoms with van der Waals surface area (Å²) in [6.45, 7) is 0.219. The Hall–Kier alpha value is -3.48. The monoisotopic (exact) mass is 638 g/mol. The third-order valence-corrected chi connectivity index (χ3v) is 12.5. The molecule has 1 saturated heterocycles. The molecule has 1 atom stereocenters. The van der Waals surface area contributed by atoms with Crippen LogP contribution in [0.5, 0.6) is 0 Å². The van der Waals surface area contributed by atoms with Gasteiger partial charge in [0.2, 0.25) is 0 Å². The number of benzene rings is 2. The first-order valence-electron chi connectivity index (χ1n) is 15.0. The summed E-state index contributed by atoms with van der Waals surface area (Å²) in [7, 11) is -2.81. The lowest BCUT2D eigenvalue weighted by Crippen LogP contribution is -2.39. The van der Waals surface area contributed by atoms with E-state index in [1.807, 2.05) is 30.3 Å². The lowest BCUT2D eigenvalue weighted by atomic mass is 9.81. The standard InChI is InChI=1S/C32H38N4O6S2/c1-34(2)44(41,42)33-31(37)23-13-14-27-28(18-23)36-19-24(32(38)35(3)25-15-16-43(39,40)20-25)17-22-11-7-8-12-26(22)30(36)29(27)21-9-5-4-6-10-21/h7-8,11-14,17-18,21,25H,4-6,9-10,15-16,19-20H2,1-3H3,(H,33,37). The molecule has 1 saturated carbocycles. The molecule has 0 bridgehead atoms. The van der Waals surface area contributed by atoms with Crippen molar-refractivity contribution in [1.29, 1.82) is 0 Å². The van der Waals surface area contributed by atoms with E-state index in [4.69, 9.17) is 0 Å². The van der Waals surface area contributed by atoms with Crippen molar-refractivity contribution in [3.63, 3.8) is 0 Å². The number of hydrogen-bond acceptors (Lipinski definition) is 6. The second-order valence-electron chi connectivity index (χ2n) is 12.4. The average molecular weight is 639 g/mol. The third-order valence-electron chi connectivity index (χ3n) is 9.31. The van der Waals surface area contributed by atoms with Gasteiger partial charge in [-0.25, -0.2) is 13.1 Å². The number of aromatic nitrogens is 1. The second kappa shape index (κ2) is 11.5. The fourth-order valence-corrected chi connectivity index (χ4v) is 9.20. The van der Waals surface area contributed by atoms with E-state index in [9.17, 15) is 26.4 Å². The number of rotatable bonds is 6. The van der Waals surface area contributed by atoms with Gasteiger partial charge in [0.15, 0.2) is 9.84 Å². The molecule has 1 aromatic heterocycles. The second-order valence-corrected chi connectivity index (χ2v) is 16.5. The van der Waals surface area contributed by atoms with Gasteiger partial charge in [0.05, 0.1) is 23.7 Å². The van der Waals surface area contributed by atoms with Gasteiger partial charge in [-0.2, -0.15) is 12.7 Å². The summed E-state index contributed by atoms with van der Waals surface area (Å²) in [5, 5.41) is 0.984. The number of likely N-dealkylation sites (N-methyl/N-ethyl adjacent to an activating group) is 1. The summed E-state index contributed by atoms with van der Waals surface area (Å²) < 4.78 is 54.4. The van der Waals surface area contributed by atoms with E-state index in [2.05, 4.69) is 15.4 Å². The van der Waals surface area contributed by atoms with E-state index in [1.54, 1.807) is 24.1 Å². The van der Waals surface area contributed by atoms with Crippen molar-refractivity contribution in [2.75, 3.05) is 32.6 Å². The van der Waals surface area contributed by atoms with Crippen LogP contribution >= 0.6 is 0 Å². The lowest BCUT2D eigenvalue weighted by Gasteiger charge is -2.25. The summed E-state index contributed by atoms with van der Waals surface area (Å²) >= 11 is 0. The zero-order valence-electron chi connectivity index (χ0n) is 25.2. The van der Waals surface area contributed by atoms with Crippen molar-refractivity contribution < 1.29 is 26.4 Å². The van der Waals surface area contributed by atoms with Crippen LogP contribution in [0.3, 0.4) is 0 Å². The van der Waals surface area contributed by atoms with Gasteiger partial charge in [0.1, 0.15) is 0 Å². The van der Waals surface area contributed by atoms with Crippen LogP contribution in [0.1, 0.15) is 65.9 Å². The molecule has 6 rings (SSSR count). The lowest BCUT2D eigenvalue weighted by molar-refractivity contribution is -0.127. The maximum atomic E-state index is 14.0. The largest absolute Gasteiger partial charge is 0.338 e. The first-order chi connectivity index (χ1) is 20.9. The van der Waals surface area contributed by atoms with Crippen LogP contribution in [0.4, 0.5) is 0 Å². The quantitative estimate of drug-likeness (QED) is 0.436. The van der Waals surface area contributed by atoms with Crippen molar-refractivity contribution in [2.45, 2.75) is 57.0 Å². The number of sulfone groups is 1. The van der Waals surface area contributed by atoms with Crippen molar-refractivity contribution >= 4 is 48.8 Å². The van der Waals surface area contributed by atoms with Crippen LogP contribution in [-0.2, 0) is 31.4 Å². The summed E-state index contributed by atoms with van der Waals surface area (Å²) in [6.07, 6.45) is 7.82. The Morgan fingerprint density at radius 3 is 2.39 bits per heavy atom. The van der Waals surface area contributed by atoms with E-state index in [0.29, 0.717) is 17.9 Å². The van der Waals surface area contributed by atoms with Crippen LogP contribution in [0.25, 0.3) is 28.2 Å². The summed E-state index contributed by atoms with van der Waals surface area (Å²) in [6, 6.07) is 12.9. The Labute approximate surface area is 258 Å². The van der Waals surface area contributed by atoms with E-state index in [-0.39, 0.29) is 35.6 Å². The molecule has 3 aromatic rings. The van der Waals surface area contributed by atoms with Crippen LogP contribution < -0.4 is 4.72 Å². The van der Waals surface area contributed by atoms with Gasteiger partial charge < -0.3 is 9.47 Å². The fraction of sp³-hybridized carbons (Fsp3) is 0.438. The molecule has 10 nitrogen and oxygen atoms in total. The minimum Gasteiger partial charge on any atom is -0.338 e. The predicted molar refractivity (Wildman–Crippen MR) is 171 cm³/mol. The minimum absolute atomic E-state index is 0.0447. The van der Waals surface area contributed by atoms with Gasteiger partial charge in [-0.3, -0.25) is 9.59 Å². The highest BCUT2D eigenvalue weighted by atomic mass is 32.2. The molecular weight excluding hydrogens is 601 g/mol. The Morgan fingerprint density at radius 2 is 1.70 bits per heavy atom. The molecular formula is C32H38N4O6S2. The maximum absolute atomic E-state index is 14.0. The third kappa shape index (κ3) is 5.59. The topological polar surface area (TPSA) is 126 Å². The van der Waals surface area contributed by atoms with Crippen molar-refractivity contribution in [3.8, 4) is 11.3 Å². The van der Waals surface area contributed by atoms with Crippen molar-refractivity contribution in [2.24, 2.45) is 0 Å². The molecule has 0 spiro atoms. The number of nitrogens with zero attached hydrogens (tertiary/aromatic N) is 3. The smallest absolute Gasteiger partial charge is 0.303 e. The van der Waals surface area contributed by atoms with Crippen LogP contribution in [-0.4, -0.2) is 81.1 Å². The van der Waals surface area contributed by atoms with Crippen molar-refractivity contribution in [1.82, 2.24) is 18.5 Å². The van der Waals surface area contributed by atoms with E-state index >= 15 is 0 Å². The van der Waals surface area contributed by atoms with Gasteiger partial charge in [0, 0.05) is 54.8 Å². The van der Waals surface area contributed by atoms with E-state index < -0.39 is 26.0 Å². The highest BCUT2D eigenvalue weighted by Gasteiger charge is 2.35. The van der Waals surface area contributed by atoms with Crippen LogP contribution in [0.2, 0.25) is 0 Å². The number of hydrogen-bond donors (Lipinski definition) is 1. The molecule has 2 aliphatic heterocycles. The molecule has 1 unspecified atom stereocenters. The Morgan fingerprint density at radius 1 is 0.977 bits per heavy atom. The van der Waals surface area contributed by atoms with Crippen molar-refractivity contribution in [3.05, 3.63) is 64.7 Å². The Balaban J connectivity index is 1.51.